The summed E-state index contributed by atoms with van der Waals surface area (Å²) >= 11 is 0. The Morgan fingerprint density at radius 3 is 1.55 bits per heavy atom. The van der Waals surface area contributed by atoms with Crippen molar-refractivity contribution in [1.82, 2.24) is 0 Å². The van der Waals surface area contributed by atoms with Crippen LogP contribution in [-0.2, 0) is 23.7 Å². The number of aliphatic hydroxyl groups excluding tert-OH is 14. The Hall–Kier alpha value is -0.760. The molecule has 3 aliphatic heterocycles. The number of rotatable bonds is 10. The highest BCUT2D eigenvalue weighted by atomic mass is 16.8. The molecule has 0 unspecified atom stereocenters. The van der Waals surface area contributed by atoms with Gasteiger partial charge in [0.05, 0.1) is 33.0 Å². The van der Waals surface area contributed by atoms with Crippen molar-refractivity contribution in [3.63, 3.8) is 0 Å². The average molecular weight is 597 g/mol. The first-order valence-corrected chi connectivity index (χ1v) is 12.3. The van der Waals surface area contributed by atoms with Crippen molar-refractivity contribution in [2.24, 2.45) is 0 Å². The minimum absolute atomic E-state index is 0.365. The van der Waals surface area contributed by atoms with Crippen LogP contribution in [0.25, 0.3) is 0 Å². The molecule has 0 radical (unpaired) electrons. The molecule has 0 aromatic carbocycles. The zero-order valence-electron chi connectivity index (χ0n) is 21.1. The summed E-state index contributed by atoms with van der Waals surface area (Å²) in [6.45, 7) is -3.87. The van der Waals surface area contributed by atoms with Gasteiger partial charge >= 0.3 is 0 Å². The molecule has 14 atom stereocenters. The Morgan fingerprint density at radius 2 is 1.10 bits per heavy atom. The molecule has 3 fully saturated rings. The zero-order valence-corrected chi connectivity index (χ0v) is 21.1. The minimum atomic E-state index is -2.36. The monoisotopic (exact) mass is 596 g/mol. The first-order valence-electron chi connectivity index (χ1n) is 12.3. The fraction of sp³-hybridized carbons (Fsp3) is 1.00. The summed E-state index contributed by atoms with van der Waals surface area (Å²) in [5, 5.41) is 133. The number of hydrogen-bond acceptors (Lipinski definition) is 19. The second kappa shape index (κ2) is 15.6. The number of aliphatic hydroxyl groups is 14. The third-order valence-electron chi connectivity index (χ3n) is 6.59. The molecule has 0 aromatic rings. The van der Waals surface area contributed by atoms with Crippen molar-refractivity contribution in [2.75, 3.05) is 39.6 Å². The van der Waals surface area contributed by atoms with Gasteiger partial charge in [-0.1, -0.05) is 0 Å². The third-order valence-corrected chi connectivity index (χ3v) is 6.59. The van der Waals surface area contributed by atoms with Crippen molar-refractivity contribution in [3.05, 3.63) is 0 Å². The molecule has 40 heavy (non-hydrogen) atoms. The third kappa shape index (κ3) is 7.79. The fourth-order valence-electron chi connectivity index (χ4n) is 4.07. The highest BCUT2D eigenvalue weighted by Crippen LogP contribution is 2.36. The topological polar surface area (TPSA) is 329 Å². The van der Waals surface area contributed by atoms with Gasteiger partial charge in [-0.05, 0) is 0 Å². The first-order chi connectivity index (χ1) is 18.8. The van der Waals surface area contributed by atoms with Crippen molar-refractivity contribution in [3.8, 4) is 0 Å². The Balaban J connectivity index is 0.000000840. The molecule has 3 heterocycles. The van der Waals surface area contributed by atoms with E-state index in [0.29, 0.717) is 0 Å². The summed E-state index contributed by atoms with van der Waals surface area (Å²) in [5.74, 6) is -2.36. The fourth-order valence-corrected chi connectivity index (χ4v) is 4.07. The second-order valence-corrected chi connectivity index (χ2v) is 9.43. The molecular formula is C21H40O19. The summed E-state index contributed by atoms with van der Waals surface area (Å²) in [6.07, 6.45) is -22.7. The van der Waals surface area contributed by atoms with E-state index < -0.39 is 118 Å². The SMILES string of the molecule is OCC(O)CO.OC[C@H]1O[C@H](OC[C@H]2O[C@H](O[C@]3(CO)O[C@H](CO)[C@@H](O)[C@@H]3O)[C@H](O)[C@@H](O)[C@@H]2O)[C@H](O)[C@@H](O)[C@H]1O. The maximum atomic E-state index is 10.3. The lowest BCUT2D eigenvalue weighted by Crippen LogP contribution is -2.63. The van der Waals surface area contributed by atoms with E-state index in [1.807, 2.05) is 0 Å². The lowest BCUT2D eigenvalue weighted by molar-refractivity contribution is -0.388. The molecule has 0 amide bonds. The minimum Gasteiger partial charge on any atom is -0.394 e. The molecule has 3 rings (SSSR count). The van der Waals surface area contributed by atoms with Crippen LogP contribution < -0.4 is 0 Å². The van der Waals surface area contributed by atoms with Crippen LogP contribution in [-0.4, -0.2) is 203 Å². The van der Waals surface area contributed by atoms with Crippen LogP contribution in [0.15, 0.2) is 0 Å². The van der Waals surface area contributed by atoms with Crippen LogP contribution in [0.2, 0.25) is 0 Å². The smallest absolute Gasteiger partial charge is 0.224 e. The molecule has 19 nitrogen and oxygen atoms in total. The number of ether oxygens (including phenoxy) is 5. The van der Waals surface area contributed by atoms with E-state index in [-0.39, 0.29) is 13.2 Å². The van der Waals surface area contributed by atoms with Crippen LogP contribution >= 0.6 is 0 Å². The van der Waals surface area contributed by atoms with E-state index in [2.05, 4.69) is 0 Å². The van der Waals surface area contributed by atoms with Gasteiger partial charge in [-0.25, -0.2) is 0 Å². The van der Waals surface area contributed by atoms with Gasteiger partial charge in [0.25, 0.3) is 0 Å². The van der Waals surface area contributed by atoms with Crippen LogP contribution in [0.5, 0.6) is 0 Å². The molecule has 0 saturated carbocycles. The summed E-state index contributed by atoms with van der Waals surface area (Å²) in [6, 6.07) is 0. The second-order valence-electron chi connectivity index (χ2n) is 9.43. The van der Waals surface area contributed by atoms with Crippen LogP contribution in [0.1, 0.15) is 0 Å². The van der Waals surface area contributed by atoms with Crippen LogP contribution in [0, 0.1) is 0 Å². The molecule has 3 saturated heterocycles. The van der Waals surface area contributed by atoms with Gasteiger partial charge in [-0.15, -0.1) is 0 Å². The Morgan fingerprint density at radius 1 is 0.600 bits per heavy atom. The Labute approximate surface area is 227 Å². The summed E-state index contributed by atoms with van der Waals surface area (Å²) in [5.41, 5.74) is 0. The van der Waals surface area contributed by atoms with Gasteiger partial charge < -0.3 is 95.2 Å². The van der Waals surface area contributed by atoms with Gasteiger partial charge in [0.1, 0.15) is 79.9 Å². The molecule has 0 aromatic heterocycles. The lowest BCUT2D eigenvalue weighted by atomic mass is 9.98. The van der Waals surface area contributed by atoms with E-state index in [9.17, 15) is 56.2 Å². The molecule has 238 valence electrons. The van der Waals surface area contributed by atoms with Gasteiger partial charge in [-0.2, -0.15) is 0 Å². The zero-order chi connectivity index (χ0) is 30.4. The maximum absolute atomic E-state index is 10.3. The van der Waals surface area contributed by atoms with E-state index in [1.54, 1.807) is 0 Å². The van der Waals surface area contributed by atoms with Crippen molar-refractivity contribution < 1.29 is 95.2 Å². The molecule has 0 spiro atoms. The quantitative estimate of drug-likeness (QED) is 0.111. The van der Waals surface area contributed by atoms with Crippen molar-refractivity contribution in [1.29, 1.82) is 0 Å². The Kier molecular flexibility index (Phi) is 13.9. The predicted octanol–water partition coefficient (Wildman–Crippen LogP) is -9.24. The van der Waals surface area contributed by atoms with Gasteiger partial charge in [0, 0.05) is 0 Å². The van der Waals surface area contributed by atoms with Gasteiger partial charge in [0.15, 0.2) is 12.6 Å². The molecular weight excluding hydrogens is 556 g/mol. The van der Waals surface area contributed by atoms with Gasteiger partial charge in [-0.3, -0.25) is 0 Å². The van der Waals surface area contributed by atoms with Crippen molar-refractivity contribution >= 4 is 0 Å². The van der Waals surface area contributed by atoms with E-state index >= 15 is 0 Å². The van der Waals surface area contributed by atoms with E-state index in [0.717, 1.165) is 0 Å². The molecule has 0 bridgehead atoms. The lowest BCUT2D eigenvalue weighted by Gasteiger charge is -2.44. The maximum Gasteiger partial charge on any atom is 0.224 e. The largest absolute Gasteiger partial charge is 0.394 e. The van der Waals surface area contributed by atoms with Crippen molar-refractivity contribution in [2.45, 2.75) is 91.6 Å². The summed E-state index contributed by atoms with van der Waals surface area (Å²) in [4.78, 5) is 0. The van der Waals surface area contributed by atoms with Crippen LogP contribution in [0.4, 0.5) is 0 Å². The molecule has 0 aliphatic carbocycles. The summed E-state index contributed by atoms with van der Waals surface area (Å²) in [7, 11) is 0. The highest BCUT2D eigenvalue weighted by molar-refractivity contribution is 4.98. The van der Waals surface area contributed by atoms with Gasteiger partial charge in [0.2, 0.25) is 5.79 Å². The average Bonchev–Trinajstić information content (AvgIpc) is 3.21. The van der Waals surface area contributed by atoms with E-state index in [4.69, 9.17) is 39.0 Å². The molecule has 3 aliphatic rings. The number of hydrogen-bond donors (Lipinski definition) is 14. The predicted molar refractivity (Wildman–Crippen MR) is 121 cm³/mol. The standard InChI is InChI=1S/C18H32O16.C3H8O3/c19-1-5-8(22)11(25)13(27)16(31-5)30-3-7-9(23)12(26)14(28)17(32-7)34-18(4-21)15(29)10(24)6(2-20)33-18;4-1-3(6)2-5/h5-17,19-29H,1-4H2;3-6H,1-2H2/t5-,6-,7-,8+,9-,10-,11+,12+,13-,14-,15+,16+,17-,18+;/m1./s1. The normalized spacial score (nSPS) is 45.8. The summed E-state index contributed by atoms with van der Waals surface area (Å²) < 4.78 is 26.4. The molecule has 14 N–H and O–H groups in total. The highest BCUT2D eigenvalue weighted by Gasteiger charge is 2.58. The first kappa shape index (κ1) is 35.4. The molecule has 19 heteroatoms. The Bertz CT molecular complexity index is 728. The van der Waals surface area contributed by atoms with E-state index in [1.165, 1.54) is 0 Å². The van der Waals surface area contributed by atoms with Crippen LogP contribution in [0.3, 0.4) is 0 Å².